The van der Waals surface area contributed by atoms with Crippen LogP contribution in [0.2, 0.25) is 15.1 Å². The van der Waals surface area contributed by atoms with Crippen LogP contribution in [0.15, 0.2) is 12.1 Å². The third kappa shape index (κ3) is 13.5. The van der Waals surface area contributed by atoms with E-state index in [0.717, 1.165) is 12.8 Å². The van der Waals surface area contributed by atoms with Crippen molar-refractivity contribution in [2.24, 2.45) is 0 Å². The van der Waals surface area contributed by atoms with Crippen molar-refractivity contribution >= 4 is 46.7 Å². The van der Waals surface area contributed by atoms with Gasteiger partial charge in [-0.1, -0.05) is 119 Å². The summed E-state index contributed by atoms with van der Waals surface area (Å²) in [6.07, 6.45) is 16.3. The maximum Gasteiger partial charge on any atom is 0.311 e. The zero-order valence-corrected chi connectivity index (χ0v) is 21.5. The first-order chi connectivity index (χ1) is 15.5. The molecule has 32 heavy (non-hydrogen) atoms. The minimum Gasteiger partial charge on any atom is -0.466 e. The largest absolute Gasteiger partial charge is 0.466 e. The van der Waals surface area contributed by atoms with E-state index in [0.29, 0.717) is 6.61 Å². The van der Waals surface area contributed by atoms with Gasteiger partial charge in [0.1, 0.15) is 5.02 Å². The van der Waals surface area contributed by atoms with Crippen molar-refractivity contribution in [3.05, 3.63) is 27.2 Å². The lowest BCUT2D eigenvalue weighted by atomic mass is 10.0. The number of hydrogen-bond acceptors (Lipinski definition) is 4. The minimum absolute atomic E-state index is 0.00572. The maximum atomic E-state index is 11.9. The minimum atomic E-state index is -0.617. The van der Waals surface area contributed by atoms with Crippen LogP contribution in [0.5, 0.6) is 5.75 Å². The summed E-state index contributed by atoms with van der Waals surface area (Å²) in [5.41, 5.74) is 0. The molecule has 0 unspecified atom stereocenters. The second-order valence-electron chi connectivity index (χ2n) is 8.11. The predicted molar refractivity (Wildman–Crippen MR) is 133 cm³/mol. The number of carbonyl (C=O) groups excluding carboxylic acids is 2. The highest BCUT2D eigenvalue weighted by atomic mass is 35.5. The zero-order chi connectivity index (χ0) is 23.6. The third-order valence-corrected chi connectivity index (χ3v) is 6.35. The quantitative estimate of drug-likeness (QED) is 0.0860. The second-order valence-corrected chi connectivity index (χ2v) is 9.30. The van der Waals surface area contributed by atoms with Gasteiger partial charge in [0.25, 0.3) is 0 Å². The van der Waals surface area contributed by atoms with Gasteiger partial charge in [-0.3, -0.25) is 9.59 Å². The van der Waals surface area contributed by atoms with Gasteiger partial charge in [0.15, 0.2) is 5.75 Å². The van der Waals surface area contributed by atoms with Gasteiger partial charge in [-0.15, -0.1) is 0 Å². The molecule has 1 rings (SSSR count). The van der Waals surface area contributed by atoms with Gasteiger partial charge in [-0.2, -0.15) is 0 Å². The number of benzene rings is 1. The van der Waals surface area contributed by atoms with Gasteiger partial charge in [-0.05, 0) is 18.6 Å². The number of unbranched alkanes of at least 4 members (excludes halogenated alkanes) is 12. The maximum absolute atomic E-state index is 11.9. The van der Waals surface area contributed by atoms with Crippen molar-refractivity contribution in [2.75, 3.05) is 6.61 Å². The monoisotopic (exact) mass is 506 g/mol. The summed E-state index contributed by atoms with van der Waals surface area (Å²) in [5.74, 6) is -1.02. The Labute approximate surface area is 208 Å². The van der Waals surface area contributed by atoms with Crippen LogP contribution in [-0.2, 0) is 14.3 Å². The Bertz CT molecular complexity index is 679. The van der Waals surface area contributed by atoms with Crippen molar-refractivity contribution in [1.82, 2.24) is 0 Å². The number of esters is 2. The van der Waals surface area contributed by atoms with Crippen LogP contribution in [0.3, 0.4) is 0 Å². The first kappa shape index (κ1) is 29.1. The van der Waals surface area contributed by atoms with Gasteiger partial charge in [0.05, 0.1) is 29.5 Å². The highest BCUT2D eigenvalue weighted by Crippen LogP contribution is 2.38. The molecule has 0 spiro atoms. The van der Waals surface area contributed by atoms with E-state index >= 15 is 0 Å². The van der Waals surface area contributed by atoms with E-state index in [9.17, 15) is 9.59 Å². The molecule has 0 bridgehead atoms. The molecule has 0 aromatic heterocycles. The second kappa shape index (κ2) is 18.5. The van der Waals surface area contributed by atoms with Crippen molar-refractivity contribution < 1.29 is 19.1 Å². The molecule has 0 atom stereocenters. The molecule has 0 aliphatic carbocycles. The number of halogens is 3. The average Bonchev–Trinajstić information content (AvgIpc) is 2.78. The molecule has 0 heterocycles. The number of carbonyl (C=O) groups is 2. The molecular weight excluding hydrogens is 471 g/mol. The summed E-state index contributed by atoms with van der Waals surface area (Å²) in [7, 11) is 0. The van der Waals surface area contributed by atoms with Crippen LogP contribution in [0.4, 0.5) is 0 Å². The zero-order valence-electron chi connectivity index (χ0n) is 19.2. The molecular formula is C25H37Cl3O4. The Morgan fingerprint density at radius 2 is 1.16 bits per heavy atom. The lowest BCUT2D eigenvalue weighted by Crippen LogP contribution is -2.13. The van der Waals surface area contributed by atoms with E-state index in [4.69, 9.17) is 44.3 Å². The number of rotatable bonds is 18. The number of hydrogen-bond donors (Lipinski definition) is 0. The summed E-state index contributed by atoms with van der Waals surface area (Å²) < 4.78 is 10.3. The Morgan fingerprint density at radius 1 is 0.688 bits per heavy atom. The van der Waals surface area contributed by atoms with Crippen LogP contribution in [0.25, 0.3) is 0 Å². The fourth-order valence-corrected chi connectivity index (χ4v) is 3.95. The summed E-state index contributed by atoms with van der Waals surface area (Å²) >= 11 is 17.9. The number of ether oxygens (including phenoxy) is 2. The smallest absolute Gasteiger partial charge is 0.311 e. The molecule has 1 aromatic carbocycles. The summed E-state index contributed by atoms with van der Waals surface area (Å²) in [6.45, 7) is 2.64. The lowest BCUT2D eigenvalue weighted by molar-refractivity contribution is -0.147. The SMILES string of the molecule is CCCCCCCCCCCCCCCOC(=O)CCC(=O)Oc1c(Cl)ccc(Cl)c1Cl. The molecule has 7 heteroatoms. The van der Waals surface area contributed by atoms with Crippen molar-refractivity contribution in [3.63, 3.8) is 0 Å². The molecule has 0 aliphatic rings. The van der Waals surface area contributed by atoms with E-state index in [2.05, 4.69) is 6.92 Å². The van der Waals surface area contributed by atoms with E-state index in [1.165, 1.54) is 82.8 Å². The van der Waals surface area contributed by atoms with Crippen molar-refractivity contribution in [3.8, 4) is 5.75 Å². The molecule has 1 aromatic rings. The van der Waals surface area contributed by atoms with Gasteiger partial charge in [0, 0.05) is 0 Å². The molecule has 0 saturated carbocycles. The van der Waals surface area contributed by atoms with Gasteiger partial charge < -0.3 is 9.47 Å². The van der Waals surface area contributed by atoms with E-state index in [1.807, 2.05) is 0 Å². The molecule has 0 radical (unpaired) electrons. The Kier molecular flexibility index (Phi) is 16.8. The molecule has 0 fully saturated rings. The van der Waals surface area contributed by atoms with Gasteiger partial charge >= 0.3 is 11.9 Å². The highest BCUT2D eigenvalue weighted by Gasteiger charge is 2.16. The van der Waals surface area contributed by atoms with Crippen molar-refractivity contribution in [1.29, 1.82) is 0 Å². The molecule has 0 amide bonds. The Morgan fingerprint density at radius 3 is 1.72 bits per heavy atom. The Hall–Kier alpha value is -0.970. The van der Waals surface area contributed by atoms with E-state index < -0.39 is 11.9 Å². The third-order valence-electron chi connectivity index (χ3n) is 5.26. The molecule has 0 aliphatic heterocycles. The van der Waals surface area contributed by atoms with Crippen LogP contribution >= 0.6 is 34.8 Å². The van der Waals surface area contributed by atoms with Gasteiger partial charge in [0.2, 0.25) is 0 Å². The molecule has 0 saturated heterocycles. The summed E-state index contributed by atoms with van der Waals surface area (Å²) in [6, 6.07) is 3.00. The fraction of sp³-hybridized carbons (Fsp3) is 0.680. The predicted octanol–water partition coefficient (Wildman–Crippen LogP) is 8.97. The topological polar surface area (TPSA) is 52.6 Å². The van der Waals surface area contributed by atoms with E-state index in [-0.39, 0.29) is 33.7 Å². The van der Waals surface area contributed by atoms with Gasteiger partial charge in [-0.25, -0.2) is 0 Å². The van der Waals surface area contributed by atoms with Crippen LogP contribution in [0.1, 0.15) is 103 Å². The molecule has 4 nitrogen and oxygen atoms in total. The lowest BCUT2D eigenvalue weighted by Gasteiger charge is -2.09. The van der Waals surface area contributed by atoms with Crippen LogP contribution in [0, 0.1) is 0 Å². The highest BCUT2D eigenvalue weighted by molar-refractivity contribution is 6.44. The van der Waals surface area contributed by atoms with E-state index in [1.54, 1.807) is 0 Å². The normalized spacial score (nSPS) is 10.9. The first-order valence-corrected chi connectivity index (χ1v) is 13.1. The first-order valence-electron chi connectivity index (χ1n) is 12.0. The molecule has 182 valence electrons. The van der Waals surface area contributed by atoms with Crippen molar-refractivity contribution in [2.45, 2.75) is 103 Å². The average molecular weight is 508 g/mol. The Balaban J connectivity index is 1.98. The fourth-order valence-electron chi connectivity index (χ4n) is 3.35. The standard InChI is InChI=1S/C25H37Cl3O4/c1-2-3-4-5-6-7-8-9-10-11-12-13-14-19-31-22(29)17-18-23(30)32-25-21(27)16-15-20(26)24(25)28/h15-16H,2-14,17-19H2,1H3. The van der Waals surface area contributed by atoms with Crippen LogP contribution in [-0.4, -0.2) is 18.5 Å². The summed E-state index contributed by atoms with van der Waals surface area (Å²) in [5, 5.41) is 0.478. The van der Waals surface area contributed by atoms with Crippen LogP contribution < -0.4 is 4.74 Å². The molecule has 0 N–H and O–H groups in total. The summed E-state index contributed by atoms with van der Waals surface area (Å²) in [4.78, 5) is 23.7.